The minimum Gasteiger partial charge on any atom is -0.387 e. The van der Waals surface area contributed by atoms with Crippen molar-refractivity contribution in [3.05, 3.63) is 17.6 Å². The second-order valence-electron chi connectivity index (χ2n) is 5.73. The van der Waals surface area contributed by atoms with Gasteiger partial charge in [-0.3, -0.25) is 0 Å². The zero-order chi connectivity index (χ0) is 13.9. The van der Waals surface area contributed by atoms with Gasteiger partial charge in [0.15, 0.2) is 0 Å². The van der Waals surface area contributed by atoms with Crippen LogP contribution in [0.25, 0.3) is 0 Å². The van der Waals surface area contributed by atoms with Crippen molar-refractivity contribution in [2.75, 3.05) is 25.0 Å². The quantitative estimate of drug-likeness (QED) is 0.767. The largest absolute Gasteiger partial charge is 0.387 e. The number of anilines is 1. The zero-order valence-corrected chi connectivity index (χ0v) is 12.0. The van der Waals surface area contributed by atoms with E-state index in [1.54, 1.807) is 0 Å². The summed E-state index contributed by atoms with van der Waals surface area (Å²) in [6.07, 6.45) is 3.71. The Kier molecular flexibility index (Phi) is 4.37. The number of hydrogen-bond acceptors (Lipinski definition) is 5. The molecule has 0 spiro atoms. The molecule has 0 amide bonds. The van der Waals surface area contributed by atoms with Gasteiger partial charge in [-0.05, 0) is 32.2 Å². The monoisotopic (exact) mass is 264 g/mol. The average Bonchev–Trinajstić information content (AvgIpc) is 2.37. The predicted molar refractivity (Wildman–Crippen MR) is 76.4 cm³/mol. The van der Waals surface area contributed by atoms with Gasteiger partial charge in [0, 0.05) is 24.8 Å². The maximum absolute atomic E-state index is 10.5. The van der Waals surface area contributed by atoms with Crippen molar-refractivity contribution in [3.8, 4) is 0 Å². The Hall–Kier alpha value is -1.20. The van der Waals surface area contributed by atoms with Crippen LogP contribution < -0.4 is 10.6 Å². The van der Waals surface area contributed by atoms with Gasteiger partial charge in [0.1, 0.15) is 11.6 Å². The molecule has 3 N–H and O–H groups in total. The number of aryl methyl sites for hydroxylation is 1. The van der Waals surface area contributed by atoms with Gasteiger partial charge in [-0.2, -0.15) is 0 Å². The molecular formula is C14H24N4O. The Morgan fingerprint density at radius 1 is 1.53 bits per heavy atom. The van der Waals surface area contributed by atoms with E-state index in [2.05, 4.69) is 34.4 Å². The second kappa shape index (κ2) is 5.84. The lowest BCUT2D eigenvalue weighted by Crippen LogP contribution is -2.50. The minimum atomic E-state index is -0.675. The number of nitrogens with one attached hydrogen (secondary N) is 2. The maximum atomic E-state index is 10.5. The van der Waals surface area contributed by atoms with E-state index in [4.69, 9.17) is 0 Å². The lowest BCUT2D eigenvalue weighted by atomic mass is 9.94. The molecule has 1 aromatic rings. The van der Waals surface area contributed by atoms with Gasteiger partial charge < -0.3 is 15.7 Å². The van der Waals surface area contributed by atoms with Crippen molar-refractivity contribution in [3.63, 3.8) is 0 Å². The molecule has 1 aliphatic rings. The molecule has 19 heavy (non-hydrogen) atoms. The average molecular weight is 264 g/mol. The third kappa shape index (κ3) is 3.64. The molecule has 1 aromatic heterocycles. The molecule has 0 aliphatic carbocycles. The number of nitrogens with zero attached hydrogens (tertiary/aromatic N) is 2. The summed E-state index contributed by atoms with van der Waals surface area (Å²) in [5, 5.41) is 17.0. The SMILES string of the molecule is Cc1ncc(C(C)C)c(NC[C@]2(O)CCCNC2)n1. The van der Waals surface area contributed by atoms with Crippen LogP contribution in [0.5, 0.6) is 0 Å². The number of rotatable bonds is 4. The smallest absolute Gasteiger partial charge is 0.133 e. The third-order valence-corrected chi connectivity index (χ3v) is 3.59. The van der Waals surface area contributed by atoms with E-state index in [-0.39, 0.29) is 0 Å². The van der Waals surface area contributed by atoms with E-state index in [9.17, 15) is 5.11 Å². The van der Waals surface area contributed by atoms with Crippen molar-refractivity contribution in [1.82, 2.24) is 15.3 Å². The first-order chi connectivity index (χ1) is 9.00. The highest BCUT2D eigenvalue weighted by atomic mass is 16.3. The molecule has 2 rings (SSSR count). The highest BCUT2D eigenvalue weighted by Gasteiger charge is 2.29. The van der Waals surface area contributed by atoms with Gasteiger partial charge in [-0.25, -0.2) is 9.97 Å². The summed E-state index contributed by atoms with van der Waals surface area (Å²) in [6.45, 7) is 8.28. The number of hydrogen-bond donors (Lipinski definition) is 3. The lowest BCUT2D eigenvalue weighted by Gasteiger charge is -2.33. The molecule has 1 aliphatic heterocycles. The first kappa shape index (κ1) is 14.2. The molecule has 1 fully saturated rings. The van der Waals surface area contributed by atoms with Crippen LogP contribution in [0.15, 0.2) is 6.20 Å². The fraction of sp³-hybridized carbons (Fsp3) is 0.714. The Morgan fingerprint density at radius 3 is 2.95 bits per heavy atom. The van der Waals surface area contributed by atoms with Crippen LogP contribution in [0.2, 0.25) is 0 Å². The Balaban J connectivity index is 2.07. The fourth-order valence-electron chi connectivity index (χ4n) is 2.39. The summed E-state index contributed by atoms with van der Waals surface area (Å²) in [5.41, 5.74) is 0.420. The van der Waals surface area contributed by atoms with E-state index in [0.717, 1.165) is 36.6 Å². The Morgan fingerprint density at radius 2 is 2.32 bits per heavy atom. The first-order valence-electron chi connectivity index (χ1n) is 7.01. The molecule has 5 heteroatoms. The van der Waals surface area contributed by atoms with Crippen molar-refractivity contribution >= 4 is 5.82 Å². The van der Waals surface area contributed by atoms with Crippen LogP contribution in [0.3, 0.4) is 0 Å². The normalized spacial score (nSPS) is 23.6. The summed E-state index contributed by atoms with van der Waals surface area (Å²) in [4.78, 5) is 8.70. The van der Waals surface area contributed by atoms with E-state index < -0.39 is 5.60 Å². The van der Waals surface area contributed by atoms with Crippen molar-refractivity contribution in [2.24, 2.45) is 0 Å². The Labute approximate surface area is 114 Å². The van der Waals surface area contributed by atoms with Crippen molar-refractivity contribution in [2.45, 2.75) is 45.1 Å². The number of aliphatic hydroxyl groups is 1. The van der Waals surface area contributed by atoms with Crippen LogP contribution in [-0.4, -0.2) is 40.3 Å². The van der Waals surface area contributed by atoms with E-state index in [1.807, 2.05) is 13.1 Å². The summed E-state index contributed by atoms with van der Waals surface area (Å²) in [6, 6.07) is 0. The topological polar surface area (TPSA) is 70.1 Å². The molecule has 0 aromatic carbocycles. The highest BCUT2D eigenvalue weighted by molar-refractivity contribution is 5.45. The molecule has 2 heterocycles. The predicted octanol–water partition coefficient (Wildman–Crippen LogP) is 1.43. The molecule has 1 saturated heterocycles. The molecule has 0 unspecified atom stereocenters. The van der Waals surface area contributed by atoms with Gasteiger partial charge in [-0.15, -0.1) is 0 Å². The number of piperidine rings is 1. The molecule has 1 atom stereocenters. The van der Waals surface area contributed by atoms with Crippen molar-refractivity contribution < 1.29 is 5.11 Å². The third-order valence-electron chi connectivity index (χ3n) is 3.59. The summed E-state index contributed by atoms with van der Waals surface area (Å²) >= 11 is 0. The summed E-state index contributed by atoms with van der Waals surface area (Å²) in [5.74, 6) is 1.96. The second-order valence-corrected chi connectivity index (χ2v) is 5.73. The summed E-state index contributed by atoms with van der Waals surface area (Å²) < 4.78 is 0. The first-order valence-corrected chi connectivity index (χ1v) is 7.01. The maximum Gasteiger partial charge on any atom is 0.133 e. The van der Waals surface area contributed by atoms with Crippen LogP contribution >= 0.6 is 0 Å². The molecular weight excluding hydrogens is 240 g/mol. The van der Waals surface area contributed by atoms with E-state index >= 15 is 0 Å². The van der Waals surface area contributed by atoms with Crippen LogP contribution in [0.4, 0.5) is 5.82 Å². The standard InChI is InChI=1S/C14H24N4O/c1-10(2)12-7-16-11(3)18-13(12)17-9-14(19)5-4-6-15-8-14/h7,10,15,19H,4-6,8-9H2,1-3H3,(H,16,17,18)/t14-/m0/s1. The highest BCUT2D eigenvalue weighted by Crippen LogP contribution is 2.23. The number of aromatic nitrogens is 2. The zero-order valence-electron chi connectivity index (χ0n) is 12.0. The summed E-state index contributed by atoms with van der Waals surface area (Å²) in [7, 11) is 0. The van der Waals surface area contributed by atoms with Gasteiger partial charge in [-0.1, -0.05) is 13.8 Å². The van der Waals surface area contributed by atoms with Crippen LogP contribution in [-0.2, 0) is 0 Å². The van der Waals surface area contributed by atoms with Crippen LogP contribution in [0, 0.1) is 6.92 Å². The fourth-order valence-corrected chi connectivity index (χ4v) is 2.39. The molecule has 106 valence electrons. The van der Waals surface area contributed by atoms with E-state index in [0.29, 0.717) is 19.0 Å². The molecule has 0 bridgehead atoms. The lowest BCUT2D eigenvalue weighted by molar-refractivity contribution is 0.0291. The van der Waals surface area contributed by atoms with E-state index in [1.165, 1.54) is 0 Å². The molecule has 0 radical (unpaired) electrons. The van der Waals surface area contributed by atoms with Crippen molar-refractivity contribution in [1.29, 1.82) is 0 Å². The van der Waals surface area contributed by atoms with Gasteiger partial charge in [0.25, 0.3) is 0 Å². The van der Waals surface area contributed by atoms with Gasteiger partial charge in [0.05, 0.1) is 5.60 Å². The molecule has 0 saturated carbocycles. The Bertz CT molecular complexity index is 427. The van der Waals surface area contributed by atoms with Crippen LogP contribution in [0.1, 0.15) is 44.0 Å². The molecule has 5 nitrogen and oxygen atoms in total. The number of β-amino-alcohol motifs (C(OH)–C–C–N with tert-alkyl or cyclic N) is 1. The minimum absolute atomic E-state index is 0.363. The van der Waals surface area contributed by atoms with Gasteiger partial charge >= 0.3 is 0 Å². The van der Waals surface area contributed by atoms with Gasteiger partial charge in [0.2, 0.25) is 0 Å².